The first-order valence-electron chi connectivity index (χ1n) is 8.53. The van der Waals surface area contributed by atoms with Crippen molar-refractivity contribution in [3.05, 3.63) is 0 Å². The smallest absolute Gasteiger partial charge is 0.310 e. The molecule has 0 aromatic heterocycles. The summed E-state index contributed by atoms with van der Waals surface area (Å²) in [5.41, 5.74) is -2.48. The third kappa shape index (κ3) is 4.77. The molecule has 2 unspecified atom stereocenters. The van der Waals surface area contributed by atoms with E-state index in [2.05, 4.69) is 5.32 Å². The third-order valence-corrected chi connectivity index (χ3v) is 4.30. The van der Waals surface area contributed by atoms with Crippen molar-refractivity contribution in [3.8, 4) is 0 Å². The van der Waals surface area contributed by atoms with Crippen molar-refractivity contribution in [1.29, 1.82) is 0 Å². The number of ether oxygens (including phenoxy) is 2. The van der Waals surface area contributed by atoms with Gasteiger partial charge in [-0.1, -0.05) is 27.2 Å². The molecule has 0 bridgehead atoms. The van der Waals surface area contributed by atoms with Crippen molar-refractivity contribution in [1.82, 2.24) is 5.32 Å². The van der Waals surface area contributed by atoms with E-state index in [0.717, 1.165) is 6.42 Å². The van der Waals surface area contributed by atoms with Crippen LogP contribution >= 0.6 is 0 Å². The number of Topliss-reactive ketones (excluding diaryl/α,β-unsaturated/α-hetero) is 1. The molecular formula is C18H33NO4. The minimum atomic E-state index is -1.04. The normalized spacial score (nSPS) is 26.9. The lowest BCUT2D eigenvalue weighted by Gasteiger charge is -2.38. The fourth-order valence-corrected chi connectivity index (χ4v) is 3.18. The Hall–Kier alpha value is -0.940. The van der Waals surface area contributed by atoms with E-state index in [1.807, 2.05) is 48.5 Å². The summed E-state index contributed by atoms with van der Waals surface area (Å²) in [4.78, 5) is 25.8. The molecule has 1 rings (SSSR count). The van der Waals surface area contributed by atoms with E-state index in [-0.39, 0.29) is 17.8 Å². The van der Waals surface area contributed by atoms with E-state index in [1.54, 1.807) is 6.92 Å². The van der Waals surface area contributed by atoms with Crippen LogP contribution in [-0.4, -0.2) is 35.7 Å². The largest absolute Gasteiger partial charge is 0.460 e. The zero-order valence-corrected chi connectivity index (χ0v) is 15.9. The van der Waals surface area contributed by atoms with Crippen molar-refractivity contribution >= 4 is 11.8 Å². The average molecular weight is 327 g/mol. The molecule has 0 saturated carbocycles. The SMILES string of the molecule is CCCC(C(=O)OC(C)(C)C)C(C)(C)C(=O)C1(C)N[C@H](C)CO1. The van der Waals surface area contributed by atoms with Crippen LogP contribution < -0.4 is 5.32 Å². The van der Waals surface area contributed by atoms with Crippen molar-refractivity contribution in [2.45, 2.75) is 85.6 Å². The molecule has 23 heavy (non-hydrogen) atoms. The van der Waals surface area contributed by atoms with Crippen molar-refractivity contribution in [2.24, 2.45) is 11.3 Å². The van der Waals surface area contributed by atoms with Gasteiger partial charge in [0.15, 0.2) is 11.5 Å². The summed E-state index contributed by atoms with van der Waals surface area (Å²) in [7, 11) is 0. The van der Waals surface area contributed by atoms with Gasteiger partial charge in [0.25, 0.3) is 0 Å². The fourth-order valence-electron chi connectivity index (χ4n) is 3.18. The molecule has 134 valence electrons. The molecule has 1 aliphatic rings. The van der Waals surface area contributed by atoms with Crippen LogP contribution in [0.4, 0.5) is 0 Å². The van der Waals surface area contributed by atoms with E-state index >= 15 is 0 Å². The number of esters is 1. The quantitative estimate of drug-likeness (QED) is 0.760. The van der Waals surface area contributed by atoms with Crippen LogP contribution in [0.15, 0.2) is 0 Å². The van der Waals surface area contributed by atoms with E-state index in [9.17, 15) is 9.59 Å². The fraction of sp³-hybridized carbons (Fsp3) is 0.889. The summed E-state index contributed by atoms with van der Waals surface area (Å²) >= 11 is 0. The molecule has 1 aliphatic heterocycles. The highest BCUT2D eigenvalue weighted by Crippen LogP contribution is 2.38. The lowest BCUT2D eigenvalue weighted by atomic mass is 9.70. The molecule has 5 nitrogen and oxygen atoms in total. The van der Waals surface area contributed by atoms with Crippen LogP contribution in [0.25, 0.3) is 0 Å². The molecule has 3 atom stereocenters. The van der Waals surface area contributed by atoms with Gasteiger partial charge in [-0.15, -0.1) is 0 Å². The second-order valence-electron chi connectivity index (χ2n) is 8.32. The number of ketones is 1. The maximum Gasteiger partial charge on any atom is 0.310 e. The highest BCUT2D eigenvalue weighted by molar-refractivity contribution is 5.95. The molecule has 1 N–H and O–H groups in total. The summed E-state index contributed by atoms with van der Waals surface area (Å²) in [6.07, 6.45) is 1.42. The lowest BCUT2D eigenvalue weighted by Crippen LogP contribution is -2.56. The minimum absolute atomic E-state index is 0.0985. The van der Waals surface area contributed by atoms with Crippen LogP contribution in [0.5, 0.6) is 0 Å². The van der Waals surface area contributed by atoms with Gasteiger partial charge in [-0.3, -0.25) is 14.9 Å². The molecule has 0 amide bonds. The molecule has 0 aliphatic carbocycles. The Kier molecular flexibility index (Phi) is 6.03. The Morgan fingerprint density at radius 1 is 1.30 bits per heavy atom. The van der Waals surface area contributed by atoms with Gasteiger partial charge < -0.3 is 9.47 Å². The summed E-state index contributed by atoms with van der Waals surface area (Å²) in [5.74, 6) is -0.900. The number of hydrogen-bond acceptors (Lipinski definition) is 5. The van der Waals surface area contributed by atoms with Gasteiger partial charge in [0.1, 0.15) is 5.60 Å². The van der Waals surface area contributed by atoms with E-state index in [1.165, 1.54) is 0 Å². The molecule has 1 saturated heterocycles. The number of nitrogens with one attached hydrogen (secondary N) is 1. The Morgan fingerprint density at radius 3 is 2.26 bits per heavy atom. The van der Waals surface area contributed by atoms with Gasteiger partial charge >= 0.3 is 5.97 Å². The molecule has 0 spiro atoms. The first-order valence-corrected chi connectivity index (χ1v) is 8.53. The Bertz CT molecular complexity index is 452. The summed E-state index contributed by atoms with van der Waals surface area (Å²) in [6, 6.07) is 0.117. The second kappa shape index (κ2) is 6.89. The number of hydrogen-bond donors (Lipinski definition) is 1. The van der Waals surface area contributed by atoms with E-state index in [4.69, 9.17) is 9.47 Å². The van der Waals surface area contributed by atoms with Gasteiger partial charge in [0.2, 0.25) is 0 Å². The Labute approximate surface area is 140 Å². The summed E-state index contributed by atoms with van der Waals surface area (Å²) in [6.45, 7) is 15.4. The van der Waals surface area contributed by atoms with Gasteiger partial charge in [-0.2, -0.15) is 0 Å². The number of carbonyl (C=O) groups excluding carboxylic acids is 2. The van der Waals surface area contributed by atoms with Crippen molar-refractivity contribution in [2.75, 3.05) is 6.61 Å². The molecule has 0 radical (unpaired) electrons. The van der Waals surface area contributed by atoms with Crippen molar-refractivity contribution in [3.63, 3.8) is 0 Å². The molecule has 1 heterocycles. The van der Waals surface area contributed by atoms with Crippen LogP contribution in [-0.2, 0) is 19.1 Å². The average Bonchev–Trinajstić information content (AvgIpc) is 2.73. The maximum atomic E-state index is 13.1. The first-order chi connectivity index (χ1) is 10.3. The van der Waals surface area contributed by atoms with Crippen LogP contribution in [0, 0.1) is 11.3 Å². The van der Waals surface area contributed by atoms with Crippen molar-refractivity contribution < 1.29 is 19.1 Å². The molecule has 5 heteroatoms. The second-order valence-corrected chi connectivity index (χ2v) is 8.32. The van der Waals surface area contributed by atoms with Crippen LogP contribution in [0.1, 0.15) is 68.2 Å². The molecular weight excluding hydrogens is 294 g/mol. The number of carbonyl (C=O) groups is 2. The van der Waals surface area contributed by atoms with E-state index < -0.39 is 22.7 Å². The zero-order valence-electron chi connectivity index (χ0n) is 15.9. The number of rotatable bonds is 6. The minimum Gasteiger partial charge on any atom is -0.460 e. The van der Waals surface area contributed by atoms with Gasteiger partial charge in [-0.25, -0.2) is 0 Å². The zero-order chi connectivity index (χ0) is 18.1. The van der Waals surface area contributed by atoms with E-state index in [0.29, 0.717) is 13.0 Å². The molecule has 0 aromatic rings. The Balaban J connectivity index is 3.03. The lowest BCUT2D eigenvalue weighted by molar-refractivity contribution is -0.171. The van der Waals surface area contributed by atoms with Gasteiger partial charge in [0, 0.05) is 11.5 Å². The highest BCUT2D eigenvalue weighted by atomic mass is 16.6. The highest BCUT2D eigenvalue weighted by Gasteiger charge is 2.52. The summed E-state index contributed by atoms with van der Waals surface area (Å²) in [5, 5.41) is 3.20. The monoisotopic (exact) mass is 327 g/mol. The van der Waals surface area contributed by atoms with Crippen LogP contribution in [0.3, 0.4) is 0 Å². The molecule has 0 aromatic carbocycles. The topological polar surface area (TPSA) is 64.6 Å². The predicted molar refractivity (Wildman–Crippen MR) is 90.0 cm³/mol. The standard InChI is InChI=1S/C18H33NO4/c1-9-10-13(14(20)23-16(3,4)5)17(6,7)15(21)18(8)19-12(2)11-22-18/h12-13,19H,9-11H2,1-8H3/t12-,13?,18?/m1/s1. The third-order valence-electron chi connectivity index (χ3n) is 4.30. The van der Waals surface area contributed by atoms with Gasteiger partial charge in [-0.05, 0) is 41.0 Å². The van der Waals surface area contributed by atoms with Gasteiger partial charge in [0.05, 0.1) is 12.5 Å². The summed E-state index contributed by atoms with van der Waals surface area (Å²) < 4.78 is 11.3. The van der Waals surface area contributed by atoms with Crippen LogP contribution in [0.2, 0.25) is 0 Å². The predicted octanol–water partition coefficient (Wildman–Crippen LogP) is 3.06. The first kappa shape index (κ1) is 20.1. The maximum absolute atomic E-state index is 13.1. The molecule has 1 fully saturated rings. The Morgan fingerprint density at radius 2 is 1.87 bits per heavy atom.